The van der Waals surface area contributed by atoms with E-state index in [4.69, 9.17) is 10.7 Å². The first-order valence-corrected chi connectivity index (χ1v) is 13.2. The summed E-state index contributed by atoms with van der Waals surface area (Å²) in [5.74, 6) is 0.319. The van der Waals surface area contributed by atoms with Crippen molar-refractivity contribution in [1.82, 2.24) is 25.2 Å². The molecule has 0 bridgehead atoms. The van der Waals surface area contributed by atoms with E-state index in [1.54, 1.807) is 11.0 Å². The number of amides is 3. The minimum atomic E-state index is -0.931. The molecule has 0 aliphatic carbocycles. The van der Waals surface area contributed by atoms with Crippen molar-refractivity contribution in [3.05, 3.63) is 72.4 Å². The van der Waals surface area contributed by atoms with Gasteiger partial charge in [-0.15, -0.1) is 0 Å². The molecule has 1 saturated heterocycles. The maximum absolute atomic E-state index is 13.6. The second-order valence-electron chi connectivity index (χ2n) is 9.85. The molecule has 1 fully saturated rings. The Kier molecular flexibility index (Phi) is 7.63. The summed E-state index contributed by atoms with van der Waals surface area (Å²) in [5, 5.41) is 9.98. The lowest BCUT2D eigenvalue weighted by molar-refractivity contribution is -0.123. The Morgan fingerprint density at radius 2 is 1.65 bits per heavy atom. The van der Waals surface area contributed by atoms with Gasteiger partial charge in [0.25, 0.3) is 5.91 Å². The molecule has 0 spiro atoms. The molecule has 0 unspecified atom stereocenters. The normalized spacial score (nSPS) is 14.5. The van der Waals surface area contributed by atoms with E-state index in [0.29, 0.717) is 67.4 Å². The van der Waals surface area contributed by atoms with E-state index in [9.17, 15) is 14.4 Å². The molecule has 6 N–H and O–H groups in total. The number of benzene rings is 2. The maximum Gasteiger partial charge on any atom is 0.270 e. The lowest BCUT2D eigenvalue weighted by Crippen LogP contribution is -2.57. The zero-order valence-corrected chi connectivity index (χ0v) is 22.2. The Morgan fingerprint density at radius 3 is 2.30 bits per heavy atom. The Balaban J connectivity index is 1.37. The third kappa shape index (κ3) is 5.73. The van der Waals surface area contributed by atoms with Gasteiger partial charge in [0.1, 0.15) is 22.7 Å². The number of piperidine rings is 1. The highest BCUT2D eigenvalue weighted by molar-refractivity contribution is 6.00. The number of fused-ring (bicyclic) bond motifs is 1. The number of H-pyrrole nitrogens is 1. The van der Waals surface area contributed by atoms with Gasteiger partial charge in [0.15, 0.2) is 5.82 Å². The molecule has 0 saturated carbocycles. The standard InChI is InChI=1S/C29H32N8O3/c1-19(38)31-14-15-32-25-22-18-23(33-26(22)35-24(34-25)20-8-4-2-5-9-20)27(39)37-16-12-29(13-17-37,28(30)40)36-21-10-6-3-7-11-21/h2-11,18,36H,12-17H2,1H3,(H2,30,40)(H,31,38)(H2,32,33,34,35). The van der Waals surface area contributed by atoms with Gasteiger partial charge < -0.3 is 31.6 Å². The molecule has 2 aromatic carbocycles. The van der Waals surface area contributed by atoms with E-state index in [1.165, 1.54) is 6.92 Å². The number of carbonyl (C=O) groups excluding carboxylic acids is 3. The molecule has 0 radical (unpaired) electrons. The molecule has 11 nitrogen and oxygen atoms in total. The van der Waals surface area contributed by atoms with Crippen LogP contribution in [0.2, 0.25) is 0 Å². The SMILES string of the molecule is CC(=O)NCCNc1nc(-c2ccccc2)nc2[nH]c(C(=O)N3CCC(Nc4ccccc4)(C(N)=O)CC3)cc12. The minimum Gasteiger partial charge on any atom is -0.371 e. The predicted octanol–water partition coefficient (Wildman–Crippen LogP) is 2.75. The maximum atomic E-state index is 13.6. The summed E-state index contributed by atoms with van der Waals surface area (Å²) in [6, 6.07) is 20.8. The zero-order valence-electron chi connectivity index (χ0n) is 22.2. The van der Waals surface area contributed by atoms with E-state index in [-0.39, 0.29) is 11.8 Å². The van der Waals surface area contributed by atoms with Crippen molar-refractivity contribution in [2.45, 2.75) is 25.3 Å². The number of nitrogens with one attached hydrogen (secondary N) is 4. The fraction of sp³-hybridized carbons (Fsp3) is 0.276. The highest BCUT2D eigenvalue weighted by atomic mass is 16.2. The number of anilines is 2. The average molecular weight is 541 g/mol. The van der Waals surface area contributed by atoms with E-state index in [1.807, 2.05) is 60.7 Å². The minimum absolute atomic E-state index is 0.116. The molecule has 1 aliphatic heterocycles. The zero-order chi connectivity index (χ0) is 28.1. The van der Waals surface area contributed by atoms with Crippen molar-refractivity contribution < 1.29 is 14.4 Å². The first-order chi connectivity index (χ1) is 19.3. The summed E-state index contributed by atoms with van der Waals surface area (Å²) in [6.07, 6.45) is 0.772. The fourth-order valence-electron chi connectivity index (χ4n) is 4.89. The van der Waals surface area contributed by atoms with Crippen LogP contribution in [0.4, 0.5) is 11.5 Å². The van der Waals surface area contributed by atoms with Crippen LogP contribution >= 0.6 is 0 Å². The molecular weight excluding hydrogens is 508 g/mol. The van der Waals surface area contributed by atoms with Crippen molar-refractivity contribution in [2.24, 2.45) is 5.73 Å². The Hall–Kier alpha value is -4.93. The monoisotopic (exact) mass is 540 g/mol. The molecule has 4 aromatic rings. The van der Waals surface area contributed by atoms with Crippen LogP contribution in [-0.2, 0) is 9.59 Å². The van der Waals surface area contributed by atoms with Gasteiger partial charge in [-0.1, -0.05) is 48.5 Å². The van der Waals surface area contributed by atoms with Crippen LogP contribution in [0.15, 0.2) is 66.7 Å². The number of likely N-dealkylation sites (tertiary alicyclic amines) is 1. The van der Waals surface area contributed by atoms with E-state index in [2.05, 4.69) is 25.9 Å². The number of nitrogens with zero attached hydrogens (tertiary/aromatic N) is 3. The number of primary amides is 1. The number of aromatic amines is 1. The molecule has 2 aromatic heterocycles. The average Bonchev–Trinajstić information content (AvgIpc) is 3.41. The topological polar surface area (TPSA) is 158 Å². The second-order valence-corrected chi connectivity index (χ2v) is 9.85. The van der Waals surface area contributed by atoms with Crippen molar-refractivity contribution in [2.75, 3.05) is 36.8 Å². The number of nitrogens with two attached hydrogens (primary N) is 1. The van der Waals surface area contributed by atoms with Crippen LogP contribution in [0.1, 0.15) is 30.3 Å². The van der Waals surface area contributed by atoms with Gasteiger partial charge in [0.05, 0.1) is 5.39 Å². The molecule has 0 atom stereocenters. The molecular formula is C29H32N8O3. The number of carbonyl (C=O) groups is 3. The molecule has 11 heteroatoms. The van der Waals surface area contributed by atoms with Gasteiger partial charge in [-0.05, 0) is 31.0 Å². The smallest absolute Gasteiger partial charge is 0.270 e. The summed E-state index contributed by atoms with van der Waals surface area (Å²) < 4.78 is 0. The predicted molar refractivity (Wildman–Crippen MR) is 154 cm³/mol. The van der Waals surface area contributed by atoms with Gasteiger partial charge in [-0.2, -0.15) is 0 Å². The number of hydrogen-bond acceptors (Lipinski definition) is 7. The van der Waals surface area contributed by atoms with E-state index < -0.39 is 11.4 Å². The highest BCUT2D eigenvalue weighted by Gasteiger charge is 2.41. The Bertz CT molecular complexity index is 1510. The van der Waals surface area contributed by atoms with Crippen LogP contribution < -0.4 is 21.7 Å². The molecule has 3 amide bonds. The van der Waals surface area contributed by atoms with Crippen LogP contribution in [0.25, 0.3) is 22.4 Å². The third-order valence-corrected chi connectivity index (χ3v) is 7.07. The third-order valence-electron chi connectivity index (χ3n) is 7.07. The van der Waals surface area contributed by atoms with Gasteiger partial charge in [0.2, 0.25) is 11.8 Å². The lowest BCUT2D eigenvalue weighted by atomic mass is 9.86. The molecule has 40 heavy (non-hydrogen) atoms. The summed E-state index contributed by atoms with van der Waals surface area (Å²) in [5.41, 5.74) is 7.43. The Morgan fingerprint density at radius 1 is 0.975 bits per heavy atom. The Labute approximate surface area is 231 Å². The fourth-order valence-corrected chi connectivity index (χ4v) is 4.89. The van der Waals surface area contributed by atoms with Crippen molar-refractivity contribution in [3.63, 3.8) is 0 Å². The van der Waals surface area contributed by atoms with Gasteiger partial charge in [-0.3, -0.25) is 14.4 Å². The van der Waals surface area contributed by atoms with Crippen LogP contribution in [-0.4, -0.2) is 69.3 Å². The summed E-state index contributed by atoms with van der Waals surface area (Å²) in [6.45, 7) is 3.06. The highest BCUT2D eigenvalue weighted by Crippen LogP contribution is 2.30. The van der Waals surface area contributed by atoms with Gasteiger partial charge in [-0.25, -0.2) is 9.97 Å². The first-order valence-electron chi connectivity index (χ1n) is 13.2. The number of hydrogen-bond donors (Lipinski definition) is 5. The summed E-state index contributed by atoms with van der Waals surface area (Å²) in [7, 11) is 0. The summed E-state index contributed by atoms with van der Waals surface area (Å²) in [4.78, 5) is 51.6. The summed E-state index contributed by atoms with van der Waals surface area (Å²) >= 11 is 0. The van der Waals surface area contributed by atoms with Gasteiger partial charge >= 0.3 is 0 Å². The van der Waals surface area contributed by atoms with Crippen LogP contribution in [0, 0.1) is 0 Å². The number of para-hydroxylation sites is 1. The quantitative estimate of drug-likeness (QED) is 0.204. The van der Waals surface area contributed by atoms with Crippen molar-refractivity contribution >= 4 is 40.3 Å². The van der Waals surface area contributed by atoms with E-state index >= 15 is 0 Å². The molecule has 1 aliphatic rings. The van der Waals surface area contributed by atoms with Crippen molar-refractivity contribution in [1.29, 1.82) is 0 Å². The molecule has 5 rings (SSSR count). The van der Waals surface area contributed by atoms with E-state index in [0.717, 1.165) is 11.3 Å². The van der Waals surface area contributed by atoms with Gasteiger partial charge in [0, 0.05) is 44.4 Å². The molecule has 206 valence electrons. The van der Waals surface area contributed by atoms with Crippen LogP contribution in [0.5, 0.6) is 0 Å². The van der Waals surface area contributed by atoms with Crippen molar-refractivity contribution in [3.8, 4) is 11.4 Å². The first kappa shape index (κ1) is 26.7. The lowest BCUT2D eigenvalue weighted by Gasteiger charge is -2.40. The number of aromatic nitrogens is 3. The van der Waals surface area contributed by atoms with Crippen LogP contribution in [0.3, 0.4) is 0 Å². The number of rotatable bonds is 9. The largest absolute Gasteiger partial charge is 0.371 e. The second kappa shape index (κ2) is 11.4. The molecule has 3 heterocycles.